The van der Waals surface area contributed by atoms with Crippen LogP contribution in [0.1, 0.15) is 40.0 Å². The average molecular weight is 186 g/mol. The van der Waals surface area contributed by atoms with Crippen molar-refractivity contribution in [1.82, 2.24) is 0 Å². The van der Waals surface area contributed by atoms with Crippen molar-refractivity contribution < 1.29 is 9.47 Å². The molecule has 1 aliphatic rings. The van der Waals surface area contributed by atoms with Crippen molar-refractivity contribution in [2.45, 2.75) is 46.1 Å². The average Bonchev–Trinajstić information content (AvgIpc) is 2.97. The van der Waals surface area contributed by atoms with Gasteiger partial charge >= 0.3 is 0 Å². The molecule has 0 aliphatic carbocycles. The molecular weight excluding hydrogens is 164 g/mol. The standard InChI is InChI=1S/C11H22O2/c1-4-11(5-2,6-3)9-12-7-10-8-13-10/h10H,4-9H2,1-3H3. The van der Waals surface area contributed by atoms with Gasteiger partial charge in [0, 0.05) is 0 Å². The van der Waals surface area contributed by atoms with Gasteiger partial charge in [-0.05, 0) is 24.7 Å². The molecule has 1 rings (SSSR count). The van der Waals surface area contributed by atoms with Crippen LogP contribution in [0, 0.1) is 5.41 Å². The third-order valence-corrected chi connectivity index (χ3v) is 3.36. The largest absolute Gasteiger partial charge is 0.378 e. The van der Waals surface area contributed by atoms with Crippen LogP contribution in [-0.4, -0.2) is 25.9 Å². The van der Waals surface area contributed by atoms with Crippen LogP contribution in [0.25, 0.3) is 0 Å². The first kappa shape index (κ1) is 11.0. The molecule has 1 unspecified atom stereocenters. The Bertz CT molecular complexity index is 129. The van der Waals surface area contributed by atoms with Gasteiger partial charge in [-0.25, -0.2) is 0 Å². The summed E-state index contributed by atoms with van der Waals surface area (Å²) >= 11 is 0. The molecule has 1 fully saturated rings. The molecule has 0 aromatic carbocycles. The number of rotatable bonds is 7. The van der Waals surface area contributed by atoms with Gasteiger partial charge in [0.15, 0.2) is 0 Å². The monoisotopic (exact) mass is 186 g/mol. The van der Waals surface area contributed by atoms with Gasteiger partial charge < -0.3 is 9.47 Å². The van der Waals surface area contributed by atoms with Crippen LogP contribution in [0.4, 0.5) is 0 Å². The molecule has 1 saturated heterocycles. The van der Waals surface area contributed by atoms with Crippen molar-refractivity contribution >= 4 is 0 Å². The zero-order valence-corrected chi connectivity index (χ0v) is 9.14. The Labute approximate surface area is 81.6 Å². The highest BCUT2D eigenvalue weighted by atomic mass is 16.6. The maximum absolute atomic E-state index is 5.67. The van der Waals surface area contributed by atoms with Crippen molar-refractivity contribution in [1.29, 1.82) is 0 Å². The molecule has 0 aromatic heterocycles. The van der Waals surface area contributed by atoms with Crippen LogP contribution in [0.3, 0.4) is 0 Å². The summed E-state index contributed by atoms with van der Waals surface area (Å²) in [6.45, 7) is 9.35. The smallest absolute Gasteiger partial charge is 0.104 e. The molecule has 1 atom stereocenters. The van der Waals surface area contributed by atoms with E-state index < -0.39 is 0 Å². The van der Waals surface area contributed by atoms with Crippen molar-refractivity contribution in [2.24, 2.45) is 5.41 Å². The Morgan fingerprint density at radius 3 is 2.15 bits per heavy atom. The first-order valence-corrected chi connectivity index (χ1v) is 5.45. The van der Waals surface area contributed by atoms with E-state index in [1.165, 1.54) is 19.3 Å². The minimum Gasteiger partial charge on any atom is -0.378 e. The molecule has 0 radical (unpaired) electrons. The predicted molar refractivity (Wildman–Crippen MR) is 53.9 cm³/mol. The van der Waals surface area contributed by atoms with Crippen LogP contribution in [-0.2, 0) is 9.47 Å². The molecule has 0 aromatic rings. The van der Waals surface area contributed by atoms with E-state index in [0.29, 0.717) is 11.5 Å². The zero-order chi connectivity index (χ0) is 9.73. The lowest BCUT2D eigenvalue weighted by Gasteiger charge is -2.29. The SMILES string of the molecule is CCC(CC)(CC)COCC1CO1. The normalized spacial score (nSPS) is 21.9. The summed E-state index contributed by atoms with van der Waals surface area (Å²) in [4.78, 5) is 0. The summed E-state index contributed by atoms with van der Waals surface area (Å²) in [5, 5.41) is 0. The van der Waals surface area contributed by atoms with E-state index in [1.54, 1.807) is 0 Å². The number of hydrogen-bond acceptors (Lipinski definition) is 2. The second kappa shape index (κ2) is 4.97. The Kier molecular flexibility index (Phi) is 4.20. The van der Waals surface area contributed by atoms with Gasteiger partial charge in [-0.15, -0.1) is 0 Å². The molecule has 0 N–H and O–H groups in total. The van der Waals surface area contributed by atoms with E-state index in [2.05, 4.69) is 20.8 Å². The van der Waals surface area contributed by atoms with Gasteiger partial charge in [0.1, 0.15) is 6.10 Å². The second-order valence-electron chi connectivity index (χ2n) is 4.03. The Hall–Kier alpha value is -0.0800. The molecule has 0 amide bonds. The second-order valence-corrected chi connectivity index (χ2v) is 4.03. The fraction of sp³-hybridized carbons (Fsp3) is 1.00. The first-order valence-electron chi connectivity index (χ1n) is 5.45. The summed E-state index contributed by atoms with van der Waals surface area (Å²) in [6, 6.07) is 0. The summed E-state index contributed by atoms with van der Waals surface area (Å²) < 4.78 is 10.8. The third-order valence-electron chi connectivity index (χ3n) is 3.36. The minimum absolute atomic E-state index is 0.406. The number of hydrogen-bond donors (Lipinski definition) is 0. The summed E-state index contributed by atoms with van der Waals surface area (Å²) in [5.41, 5.74) is 0.412. The third kappa shape index (κ3) is 3.28. The molecule has 1 heterocycles. The van der Waals surface area contributed by atoms with Gasteiger partial charge in [-0.2, -0.15) is 0 Å². The lowest BCUT2D eigenvalue weighted by molar-refractivity contribution is 0.0279. The molecule has 2 heteroatoms. The quantitative estimate of drug-likeness (QED) is 0.570. The highest BCUT2D eigenvalue weighted by Crippen LogP contribution is 2.30. The number of ether oxygens (including phenoxy) is 2. The van der Waals surface area contributed by atoms with Crippen LogP contribution in [0.5, 0.6) is 0 Å². The van der Waals surface area contributed by atoms with Crippen LogP contribution < -0.4 is 0 Å². The van der Waals surface area contributed by atoms with Gasteiger partial charge in [0.2, 0.25) is 0 Å². The van der Waals surface area contributed by atoms with Crippen molar-refractivity contribution in [3.05, 3.63) is 0 Å². The van der Waals surface area contributed by atoms with E-state index in [0.717, 1.165) is 19.8 Å². The number of epoxide rings is 1. The van der Waals surface area contributed by atoms with Crippen molar-refractivity contribution in [3.8, 4) is 0 Å². The summed E-state index contributed by atoms with van der Waals surface area (Å²) in [6.07, 6.45) is 4.05. The zero-order valence-electron chi connectivity index (χ0n) is 9.14. The van der Waals surface area contributed by atoms with Gasteiger partial charge in [0.25, 0.3) is 0 Å². The minimum atomic E-state index is 0.406. The van der Waals surface area contributed by atoms with Crippen molar-refractivity contribution in [3.63, 3.8) is 0 Å². The van der Waals surface area contributed by atoms with Crippen molar-refractivity contribution in [2.75, 3.05) is 19.8 Å². The molecular formula is C11H22O2. The maximum atomic E-state index is 5.67. The van der Waals surface area contributed by atoms with E-state index in [1.807, 2.05) is 0 Å². The molecule has 2 nitrogen and oxygen atoms in total. The first-order chi connectivity index (χ1) is 6.26. The van der Waals surface area contributed by atoms with Gasteiger partial charge in [-0.3, -0.25) is 0 Å². The van der Waals surface area contributed by atoms with Crippen LogP contribution in [0.2, 0.25) is 0 Å². The fourth-order valence-electron chi connectivity index (χ4n) is 1.63. The Morgan fingerprint density at radius 2 is 1.77 bits per heavy atom. The molecule has 0 saturated carbocycles. The Balaban J connectivity index is 2.19. The van der Waals surface area contributed by atoms with Crippen LogP contribution in [0.15, 0.2) is 0 Å². The molecule has 0 spiro atoms. The molecule has 1 aliphatic heterocycles. The maximum Gasteiger partial charge on any atom is 0.104 e. The lowest BCUT2D eigenvalue weighted by atomic mass is 9.81. The van der Waals surface area contributed by atoms with Gasteiger partial charge in [0.05, 0.1) is 19.8 Å². The van der Waals surface area contributed by atoms with E-state index >= 15 is 0 Å². The molecule has 13 heavy (non-hydrogen) atoms. The van der Waals surface area contributed by atoms with E-state index in [4.69, 9.17) is 9.47 Å². The summed E-state index contributed by atoms with van der Waals surface area (Å²) in [5.74, 6) is 0. The fourth-order valence-corrected chi connectivity index (χ4v) is 1.63. The molecule has 0 bridgehead atoms. The summed E-state index contributed by atoms with van der Waals surface area (Å²) in [7, 11) is 0. The highest BCUT2D eigenvalue weighted by molar-refractivity contribution is 4.75. The Morgan fingerprint density at radius 1 is 1.23 bits per heavy atom. The lowest BCUT2D eigenvalue weighted by Crippen LogP contribution is -2.25. The topological polar surface area (TPSA) is 21.8 Å². The predicted octanol–water partition coefficient (Wildman–Crippen LogP) is 2.62. The highest BCUT2D eigenvalue weighted by Gasteiger charge is 2.27. The van der Waals surface area contributed by atoms with Gasteiger partial charge in [-0.1, -0.05) is 20.8 Å². The van der Waals surface area contributed by atoms with Crippen LogP contribution >= 0.6 is 0 Å². The molecule has 78 valence electrons. The van der Waals surface area contributed by atoms with E-state index in [9.17, 15) is 0 Å². The van der Waals surface area contributed by atoms with E-state index in [-0.39, 0.29) is 0 Å².